The number of carbonyl (C=O) groups is 1. The van der Waals surface area contributed by atoms with Crippen molar-refractivity contribution in [3.05, 3.63) is 32.4 Å². The minimum Gasteiger partial charge on any atom is -0.302 e. The number of hydrogen-bond acceptors (Lipinski definition) is 4. The molecule has 1 N–H and O–H groups in total. The third-order valence-electron chi connectivity index (χ3n) is 1.67. The minimum absolute atomic E-state index is 0.0322. The van der Waals surface area contributed by atoms with Crippen molar-refractivity contribution in [2.45, 2.75) is 6.42 Å². The Bertz CT molecular complexity index is 452. The third kappa shape index (κ3) is 3.12. The van der Waals surface area contributed by atoms with Crippen LogP contribution in [-0.4, -0.2) is 10.9 Å². The zero-order chi connectivity index (χ0) is 10.7. The van der Waals surface area contributed by atoms with Gasteiger partial charge in [0.2, 0.25) is 5.91 Å². The summed E-state index contributed by atoms with van der Waals surface area (Å²) >= 11 is 6.29. The molecule has 2 heterocycles. The maximum absolute atomic E-state index is 11.5. The molecule has 0 saturated carbocycles. The molecular weight excluding hydrogens is 296 g/mol. The van der Waals surface area contributed by atoms with Crippen LogP contribution >= 0.6 is 38.6 Å². The molecule has 78 valence electrons. The molecule has 0 saturated heterocycles. The molecule has 0 aliphatic rings. The van der Waals surface area contributed by atoms with Crippen LogP contribution in [0.25, 0.3) is 0 Å². The van der Waals surface area contributed by atoms with Crippen molar-refractivity contribution < 1.29 is 4.79 Å². The standard InChI is InChI=1S/C9H7BrN2OS2/c10-7-4-11-9(15-7)12-8(13)3-6-1-2-14-5-6/h1-2,4-5H,3H2,(H,11,12,13). The lowest BCUT2D eigenvalue weighted by Crippen LogP contribution is -2.13. The molecule has 1 amide bonds. The van der Waals surface area contributed by atoms with E-state index in [0.717, 1.165) is 9.35 Å². The Balaban J connectivity index is 1.93. The number of halogens is 1. The van der Waals surface area contributed by atoms with Crippen molar-refractivity contribution in [3.63, 3.8) is 0 Å². The van der Waals surface area contributed by atoms with Gasteiger partial charge >= 0.3 is 0 Å². The highest BCUT2D eigenvalue weighted by atomic mass is 79.9. The topological polar surface area (TPSA) is 42.0 Å². The second kappa shape index (κ2) is 4.87. The minimum atomic E-state index is -0.0322. The number of thiophene rings is 1. The summed E-state index contributed by atoms with van der Waals surface area (Å²) in [6, 6.07) is 1.95. The average molecular weight is 303 g/mol. The average Bonchev–Trinajstić information content (AvgIpc) is 2.77. The highest BCUT2D eigenvalue weighted by Crippen LogP contribution is 2.23. The van der Waals surface area contributed by atoms with E-state index in [1.807, 2.05) is 16.8 Å². The Hall–Kier alpha value is -0.720. The lowest BCUT2D eigenvalue weighted by atomic mass is 10.2. The van der Waals surface area contributed by atoms with Gasteiger partial charge in [-0.1, -0.05) is 11.3 Å². The zero-order valence-electron chi connectivity index (χ0n) is 7.57. The van der Waals surface area contributed by atoms with E-state index >= 15 is 0 Å². The molecule has 2 rings (SSSR count). The number of aromatic nitrogens is 1. The van der Waals surface area contributed by atoms with Crippen molar-refractivity contribution in [1.29, 1.82) is 0 Å². The van der Waals surface area contributed by atoms with Crippen molar-refractivity contribution in [2.75, 3.05) is 5.32 Å². The van der Waals surface area contributed by atoms with E-state index in [1.165, 1.54) is 11.3 Å². The first-order chi connectivity index (χ1) is 7.24. The van der Waals surface area contributed by atoms with Gasteiger partial charge in [0, 0.05) is 0 Å². The van der Waals surface area contributed by atoms with Crippen molar-refractivity contribution in [3.8, 4) is 0 Å². The molecule has 0 atom stereocenters. The van der Waals surface area contributed by atoms with Gasteiger partial charge in [0.25, 0.3) is 0 Å². The maximum Gasteiger partial charge on any atom is 0.230 e. The van der Waals surface area contributed by atoms with Crippen LogP contribution in [0.3, 0.4) is 0 Å². The molecule has 6 heteroatoms. The molecule has 0 unspecified atom stereocenters. The normalized spacial score (nSPS) is 10.2. The van der Waals surface area contributed by atoms with Crippen molar-refractivity contribution in [1.82, 2.24) is 4.98 Å². The Labute approximate surface area is 103 Å². The number of anilines is 1. The number of hydrogen-bond donors (Lipinski definition) is 1. The Morgan fingerprint density at radius 2 is 2.47 bits per heavy atom. The van der Waals surface area contributed by atoms with Gasteiger partial charge in [-0.15, -0.1) is 0 Å². The molecule has 0 bridgehead atoms. The molecule has 2 aromatic heterocycles. The first-order valence-corrected chi connectivity index (χ1v) is 6.71. The number of thiazole rings is 1. The van der Waals surface area contributed by atoms with Crippen LogP contribution in [0.2, 0.25) is 0 Å². The quantitative estimate of drug-likeness (QED) is 0.946. The third-order valence-corrected chi connectivity index (χ3v) is 3.79. The first-order valence-electron chi connectivity index (χ1n) is 4.16. The molecule has 0 aliphatic heterocycles. The number of rotatable bonds is 3. The monoisotopic (exact) mass is 302 g/mol. The van der Waals surface area contributed by atoms with Gasteiger partial charge in [-0.25, -0.2) is 4.98 Å². The molecule has 3 nitrogen and oxygen atoms in total. The van der Waals surface area contributed by atoms with E-state index in [2.05, 4.69) is 26.2 Å². The summed E-state index contributed by atoms with van der Waals surface area (Å²) in [5.74, 6) is -0.0322. The second-order valence-electron chi connectivity index (χ2n) is 2.83. The smallest absolute Gasteiger partial charge is 0.230 e. The van der Waals surface area contributed by atoms with E-state index in [0.29, 0.717) is 11.6 Å². The van der Waals surface area contributed by atoms with Crippen LogP contribution in [0.5, 0.6) is 0 Å². The molecule has 0 radical (unpaired) electrons. The van der Waals surface area contributed by atoms with Crippen LogP contribution < -0.4 is 5.32 Å². The first kappa shape index (κ1) is 10.8. The molecule has 2 aromatic rings. The summed E-state index contributed by atoms with van der Waals surface area (Å²) < 4.78 is 0.910. The SMILES string of the molecule is O=C(Cc1ccsc1)Nc1ncc(Br)s1. The molecular formula is C9H7BrN2OS2. The lowest BCUT2D eigenvalue weighted by molar-refractivity contribution is -0.115. The van der Waals surface area contributed by atoms with Gasteiger partial charge in [0.1, 0.15) is 0 Å². The number of nitrogens with one attached hydrogen (secondary N) is 1. The van der Waals surface area contributed by atoms with Gasteiger partial charge < -0.3 is 5.32 Å². The van der Waals surface area contributed by atoms with Crippen LogP contribution in [0.1, 0.15) is 5.56 Å². The number of carbonyl (C=O) groups excluding carboxylic acids is 1. The fourth-order valence-corrected chi connectivity index (χ4v) is 2.85. The molecule has 15 heavy (non-hydrogen) atoms. The van der Waals surface area contributed by atoms with Crippen LogP contribution in [-0.2, 0) is 11.2 Å². The van der Waals surface area contributed by atoms with Gasteiger partial charge in [-0.05, 0) is 38.3 Å². The van der Waals surface area contributed by atoms with Crippen LogP contribution in [0, 0.1) is 0 Å². The molecule has 0 fully saturated rings. The Kier molecular flexibility index (Phi) is 3.50. The summed E-state index contributed by atoms with van der Waals surface area (Å²) in [6.07, 6.45) is 2.07. The summed E-state index contributed by atoms with van der Waals surface area (Å²) in [4.78, 5) is 15.6. The summed E-state index contributed by atoms with van der Waals surface area (Å²) in [7, 11) is 0. The van der Waals surface area contributed by atoms with Gasteiger partial charge in [-0.2, -0.15) is 11.3 Å². The van der Waals surface area contributed by atoms with Gasteiger partial charge in [0.05, 0.1) is 16.4 Å². The Morgan fingerprint density at radius 3 is 3.07 bits per heavy atom. The molecule has 0 aromatic carbocycles. The van der Waals surface area contributed by atoms with Gasteiger partial charge in [-0.3, -0.25) is 4.79 Å². The van der Waals surface area contributed by atoms with E-state index < -0.39 is 0 Å². The summed E-state index contributed by atoms with van der Waals surface area (Å²) in [6.45, 7) is 0. The van der Waals surface area contributed by atoms with Crippen LogP contribution in [0.15, 0.2) is 26.8 Å². The summed E-state index contributed by atoms with van der Waals surface area (Å²) in [5.41, 5.74) is 1.04. The fraction of sp³-hybridized carbons (Fsp3) is 0.111. The van der Waals surface area contributed by atoms with Gasteiger partial charge in [0.15, 0.2) is 5.13 Å². The summed E-state index contributed by atoms with van der Waals surface area (Å²) in [5, 5.41) is 7.30. The predicted molar refractivity (Wildman–Crippen MR) is 66.5 cm³/mol. The molecule has 0 spiro atoms. The van der Waals surface area contributed by atoms with Crippen molar-refractivity contribution >= 4 is 49.6 Å². The fourth-order valence-electron chi connectivity index (χ4n) is 1.05. The lowest BCUT2D eigenvalue weighted by Gasteiger charge is -1.98. The Morgan fingerprint density at radius 1 is 1.60 bits per heavy atom. The van der Waals surface area contributed by atoms with E-state index in [1.54, 1.807) is 17.5 Å². The van der Waals surface area contributed by atoms with E-state index in [9.17, 15) is 4.79 Å². The highest BCUT2D eigenvalue weighted by Gasteiger charge is 2.06. The largest absolute Gasteiger partial charge is 0.302 e. The van der Waals surface area contributed by atoms with Crippen LogP contribution in [0.4, 0.5) is 5.13 Å². The van der Waals surface area contributed by atoms with E-state index in [4.69, 9.17) is 0 Å². The predicted octanol–water partition coefficient (Wildman–Crippen LogP) is 3.15. The van der Waals surface area contributed by atoms with Crippen molar-refractivity contribution in [2.24, 2.45) is 0 Å². The number of amides is 1. The second-order valence-corrected chi connectivity index (χ2v) is 6.02. The number of nitrogens with zero attached hydrogens (tertiary/aromatic N) is 1. The highest BCUT2D eigenvalue weighted by molar-refractivity contribution is 9.11. The van der Waals surface area contributed by atoms with E-state index in [-0.39, 0.29) is 5.91 Å². The molecule has 0 aliphatic carbocycles. The maximum atomic E-state index is 11.5. The zero-order valence-corrected chi connectivity index (χ0v) is 10.8.